The maximum absolute atomic E-state index is 13.0. The van der Waals surface area contributed by atoms with Crippen LogP contribution >= 0.6 is 0 Å². The molecule has 3 heterocycles. The Morgan fingerprint density at radius 2 is 1.74 bits per heavy atom. The van der Waals surface area contributed by atoms with Gasteiger partial charge in [-0.2, -0.15) is 0 Å². The van der Waals surface area contributed by atoms with Gasteiger partial charge in [-0.15, -0.1) is 0 Å². The van der Waals surface area contributed by atoms with Crippen molar-refractivity contribution in [1.29, 1.82) is 0 Å². The van der Waals surface area contributed by atoms with E-state index < -0.39 is 0 Å². The van der Waals surface area contributed by atoms with Crippen LogP contribution in [-0.4, -0.2) is 82.9 Å². The van der Waals surface area contributed by atoms with Crippen LogP contribution in [0.1, 0.15) is 60.4 Å². The normalized spacial score (nSPS) is 24.2. The second-order valence-electron chi connectivity index (χ2n) is 8.71. The van der Waals surface area contributed by atoms with Gasteiger partial charge in [0.1, 0.15) is 5.82 Å². The summed E-state index contributed by atoms with van der Waals surface area (Å²) < 4.78 is 0. The minimum atomic E-state index is 0.112. The molecule has 1 atom stereocenters. The molecule has 3 fully saturated rings. The molecular formula is C21H33N5O. The molecular weight excluding hydrogens is 338 g/mol. The Morgan fingerprint density at radius 3 is 2.33 bits per heavy atom. The molecule has 2 aliphatic heterocycles. The molecule has 0 unspecified atom stereocenters. The second kappa shape index (κ2) is 7.84. The first-order chi connectivity index (χ1) is 13.0. The van der Waals surface area contributed by atoms with Crippen molar-refractivity contribution in [2.75, 3.05) is 46.3 Å². The van der Waals surface area contributed by atoms with Gasteiger partial charge in [0.25, 0.3) is 5.91 Å². The number of aromatic nitrogens is 2. The fourth-order valence-corrected chi connectivity index (χ4v) is 4.52. The lowest BCUT2D eigenvalue weighted by Crippen LogP contribution is -2.52. The molecule has 0 bridgehead atoms. The number of likely N-dealkylation sites (N-methyl/N-ethyl adjacent to an activating group) is 1. The van der Waals surface area contributed by atoms with Crippen molar-refractivity contribution in [1.82, 2.24) is 24.7 Å². The number of piperazine rings is 1. The van der Waals surface area contributed by atoms with Gasteiger partial charge in [0.2, 0.25) is 0 Å². The molecule has 0 aromatic carbocycles. The summed E-state index contributed by atoms with van der Waals surface area (Å²) in [7, 11) is 2.20. The number of piperidine rings is 1. The molecule has 6 heteroatoms. The highest BCUT2D eigenvalue weighted by molar-refractivity contribution is 5.95. The van der Waals surface area contributed by atoms with Crippen LogP contribution in [0.25, 0.3) is 0 Å². The lowest BCUT2D eigenvalue weighted by Gasteiger charge is -2.42. The van der Waals surface area contributed by atoms with Crippen LogP contribution in [0.2, 0.25) is 0 Å². The first-order valence-electron chi connectivity index (χ1n) is 10.6. The molecule has 1 aromatic heterocycles. The van der Waals surface area contributed by atoms with E-state index in [1.165, 1.54) is 25.9 Å². The molecule has 148 valence electrons. The van der Waals surface area contributed by atoms with Gasteiger partial charge in [-0.1, -0.05) is 0 Å². The van der Waals surface area contributed by atoms with Crippen molar-refractivity contribution in [3.63, 3.8) is 0 Å². The van der Waals surface area contributed by atoms with Crippen molar-refractivity contribution < 1.29 is 4.79 Å². The number of hydrogen-bond acceptors (Lipinski definition) is 5. The summed E-state index contributed by atoms with van der Waals surface area (Å²) in [5.41, 5.74) is 1.52. The SMILES string of the molecule is Cc1nc(C2CC2)ncc1C(=O)N1CCC([C@H](C)N2CCN(C)CC2)CC1. The van der Waals surface area contributed by atoms with Gasteiger partial charge in [-0.25, -0.2) is 9.97 Å². The lowest BCUT2D eigenvalue weighted by atomic mass is 9.88. The molecule has 27 heavy (non-hydrogen) atoms. The number of rotatable bonds is 4. The van der Waals surface area contributed by atoms with Crippen molar-refractivity contribution in [2.24, 2.45) is 5.92 Å². The summed E-state index contributed by atoms with van der Waals surface area (Å²) in [5, 5.41) is 0. The van der Waals surface area contributed by atoms with Gasteiger partial charge < -0.3 is 9.80 Å². The third-order valence-corrected chi connectivity index (χ3v) is 6.79. The highest BCUT2D eigenvalue weighted by Crippen LogP contribution is 2.38. The fraction of sp³-hybridized carbons (Fsp3) is 0.762. The van der Waals surface area contributed by atoms with E-state index in [1.54, 1.807) is 6.20 Å². The molecule has 2 saturated heterocycles. The monoisotopic (exact) mass is 371 g/mol. The predicted molar refractivity (Wildman–Crippen MR) is 106 cm³/mol. The molecule has 6 nitrogen and oxygen atoms in total. The van der Waals surface area contributed by atoms with Crippen LogP contribution in [-0.2, 0) is 0 Å². The molecule has 0 spiro atoms. The van der Waals surface area contributed by atoms with Gasteiger partial charge in [0, 0.05) is 57.4 Å². The zero-order valence-corrected chi connectivity index (χ0v) is 17.0. The minimum Gasteiger partial charge on any atom is -0.339 e. The minimum absolute atomic E-state index is 0.112. The number of likely N-dealkylation sites (tertiary alicyclic amines) is 1. The maximum atomic E-state index is 13.0. The topological polar surface area (TPSA) is 52.6 Å². The third-order valence-electron chi connectivity index (χ3n) is 6.79. The summed E-state index contributed by atoms with van der Waals surface area (Å²) in [4.78, 5) is 29.1. The number of carbonyl (C=O) groups is 1. The number of carbonyl (C=O) groups excluding carboxylic acids is 1. The van der Waals surface area contributed by atoms with E-state index in [0.29, 0.717) is 23.4 Å². The predicted octanol–water partition coefficient (Wildman–Crippen LogP) is 2.15. The van der Waals surface area contributed by atoms with Gasteiger partial charge in [0.05, 0.1) is 11.3 Å². The summed E-state index contributed by atoms with van der Waals surface area (Å²) in [5.74, 6) is 2.25. The van der Waals surface area contributed by atoms with Crippen molar-refractivity contribution >= 4 is 5.91 Å². The lowest BCUT2D eigenvalue weighted by molar-refractivity contribution is 0.0499. The molecule has 0 radical (unpaired) electrons. The average molecular weight is 372 g/mol. The molecule has 1 saturated carbocycles. The van der Waals surface area contributed by atoms with Gasteiger partial charge in [-0.3, -0.25) is 9.69 Å². The van der Waals surface area contributed by atoms with Crippen LogP contribution in [0.4, 0.5) is 0 Å². The van der Waals surface area contributed by atoms with Crippen molar-refractivity contribution in [3.8, 4) is 0 Å². The molecule has 1 aliphatic carbocycles. The zero-order valence-electron chi connectivity index (χ0n) is 17.0. The number of hydrogen-bond donors (Lipinski definition) is 0. The Kier molecular flexibility index (Phi) is 5.46. The van der Waals surface area contributed by atoms with E-state index in [4.69, 9.17) is 0 Å². The molecule has 0 N–H and O–H groups in total. The van der Waals surface area contributed by atoms with Gasteiger partial charge in [0.15, 0.2) is 0 Å². The average Bonchev–Trinajstić information content (AvgIpc) is 3.53. The largest absolute Gasteiger partial charge is 0.339 e. The van der Waals surface area contributed by atoms with E-state index in [0.717, 1.165) is 50.5 Å². The Balaban J connectivity index is 1.32. The number of amides is 1. The maximum Gasteiger partial charge on any atom is 0.257 e. The Labute approximate surface area is 162 Å². The van der Waals surface area contributed by atoms with Crippen LogP contribution in [0, 0.1) is 12.8 Å². The van der Waals surface area contributed by atoms with E-state index in [2.05, 4.69) is 33.7 Å². The number of aryl methyl sites for hydroxylation is 1. The molecule has 1 aromatic rings. The van der Waals surface area contributed by atoms with Crippen LogP contribution < -0.4 is 0 Å². The van der Waals surface area contributed by atoms with E-state index in [1.807, 2.05) is 11.8 Å². The summed E-state index contributed by atoms with van der Waals surface area (Å²) in [6.07, 6.45) is 6.33. The number of nitrogens with zero attached hydrogens (tertiary/aromatic N) is 5. The smallest absolute Gasteiger partial charge is 0.257 e. The van der Waals surface area contributed by atoms with E-state index in [9.17, 15) is 4.79 Å². The fourth-order valence-electron chi connectivity index (χ4n) is 4.52. The first kappa shape index (κ1) is 18.8. The Hall–Kier alpha value is -1.53. The highest BCUT2D eigenvalue weighted by atomic mass is 16.2. The Morgan fingerprint density at radius 1 is 1.07 bits per heavy atom. The molecule has 1 amide bonds. The van der Waals surface area contributed by atoms with Crippen LogP contribution in [0.3, 0.4) is 0 Å². The summed E-state index contributed by atoms with van der Waals surface area (Å²) in [6, 6.07) is 0.610. The van der Waals surface area contributed by atoms with Gasteiger partial charge in [-0.05, 0) is 52.5 Å². The standard InChI is InChI=1S/C21H33N5O/c1-15-19(14-22-20(23-15)18-4-5-18)21(27)26-8-6-17(7-9-26)16(2)25-12-10-24(3)11-13-25/h14,16-18H,4-13H2,1-3H3/t16-/m0/s1. The first-order valence-corrected chi connectivity index (χ1v) is 10.6. The van der Waals surface area contributed by atoms with Crippen molar-refractivity contribution in [3.05, 3.63) is 23.3 Å². The highest BCUT2D eigenvalue weighted by Gasteiger charge is 2.32. The summed E-state index contributed by atoms with van der Waals surface area (Å²) in [6.45, 7) is 10.7. The molecule has 4 rings (SSSR count). The van der Waals surface area contributed by atoms with Crippen molar-refractivity contribution in [2.45, 2.75) is 51.5 Å². The second-order valence-corrected chi connectivity index (χ2v) is 8.71. The third kappa shape index (κ3) is 4.16. The summed E-state index contributed by atoms with van der Waals surface area (Å²) >= 11 is 0. The quantitative estimate of drug-likeness (QED) is 0.812. The zero-order chi connectivity index (χ0) is 19.0. The van der Waals surface area contributed by atoms with Gasteiger partial charge >= 0.3 is 0 Å². The van der Waals surface area contributed by atoms with E-state index >= 15 is 0 Å². The van der Waals surface area contributed by atoms with Crippen LogP contribution in [0.5, 0.6) is 0 Å². The Bertz CT molecular complexity index is 673. The van der Waals surface area contributed by atoms with E-state index in [-0.39, 0.29) is 5.91 Å². The molecule has 3 aliphatic rings. The van der Waals surface area contributed by atoms with Crippen LogP contribution in [0.15, 0.2) is 6.20 Å².